The molecular formula is C19H18ClNO3S. The van der Waals surface area contributed by atoms with Crippen LogP contribution < -0.4 is 4.74 Å². The maximum atomic E-state index is 11.9. The first-order valence-corrected chi connectivity index (χ1v) is 9.02. The molecule has 4 nitrogen and oxygen atoms in total. The van der Waals surface area contributed by atoms with Crippen molar-refractivity contribution < 1.29 is 14.6 Å². The maximum Gasteiger partial charge on any atom is 0.246 e. The molecule has 1 saturated heterocycles. The maximum absolute atomic E-state index is 11.9. The number of hydrogen-bond donors (Lipinski definition) is 1. The van der Waals surface area contributed by atoms with E-state index in [0.717, 1.165) is 21.1 Å². The quantitative estimate of drug-likeness (QED) is 0.809. The monoisotopic (exact) mass is 375 g/mol. The lowest BCUT2D eigenvalue weighted by Gasteiger charge is -2.34. The van der Waals surface area contributed by atoms with Crippen molar-refractivity contribution in [3.63, 3.8) is 0 Å². The molecule has 1 heterocycles. The van der Waals surface area contributed by atoms with Crippen molar-refractivity contribution in [2.45, 2.75) is 15.9 Å². The Morgan fingerprint density at radius 3 is 2.76 bits per heavy atom. The molecule has 0 spiro atoms. The lowest BCUT2D eigenvalue weighted by Crippen LogP contribution is -2.52. The van der Waals surface area contributed by atoms with Gasteiger partial charge in [-0.3, -0.25) is 4.79 Å². The predicted molar refractivity (Wildman–Crippen MR) is 100 cm³/mol. The van der Waals surface area contributed by atoms with Gasteiger partial charge in [-0.25, -0.2) is 0 Å². The van der Waals surface area contributed by atoms with Crippen molar-refractivity contribution in [3.8, 4) is 5.75 Å². The fourth-order valence-electron chi connectivity index (χ4n) is 2.44. The Kier molecular flexibility index (Phi) is 5.68. The smallest absolute Gasteiger partial charge is 0.246 e. The molecule has 1 aliphatic heterocycles. The van der Waals surface area contributed by atoms with E-state index in [-0.39, 0.29) is 5.91 Å². The van der Waals surface area contributed by atoms with Crippen LogP contribution in [0.15, 0.2) is 58.3 Å². The topological polar surface area (TPSA) is 49.8 Å². The second-order valence-corrected chi connectivity index (χ2v) is 7.19. The summed E-state index contributed by atoms with van der Waals surface area (Å²) >= 11 is 7.91. The highest BCUT2D eigenvalue weighted by atomic mass is 35.5. The first-order valence-electron chi connectivity index (χ1n) is 7.82. The van der Waals surface area contributed by atoms with Crippen LogP contribution >= 0.6 is 23.4 Å². The van der Waals surface area contributed by atoms with Crippen LogP contribution in [0.3, 0.4) is 0 Å². The molecule has 1 fully saturated rings. The average molecular weight is 376 g/mol. The number of likely N-dealkylation sites (tertiary alicyclic amines) is 1. The molecule has 0 bridgehead atoms. The van der Waals surface area contributed by atoms with Gasteiger partial charge in [0.1, 0.15) is 5.75 Å². The van der Waals surface area contributed by atoms with Crippen LogP contribution in [0.1, 0.15) is 5.56 Å². The second-order valence-electron chi connectivity index (χ2n) is 5.67. The van der Waals surface area contributed by atoms with E-state index >= 15 is 0 Å². The molecule has 6 heteroatoms. The van der Waals surface area contributed by atoms with Crippen LogP contribution in [0.5, 0.6) is 5.75 Å². The highest BCUT2D eigenvalue weighted by Gasteiger charge is 2.27. The van der Waals surface area contributed by atoms with E-state index in [1.807, 2.05) is 42.5 Å². The Bertz CT molecular complexity index is 803. The number of amides is 1. The number of β-amino-alcohol motifs (C(OH)–C–C–N with tert-alkyl or cyclic N) is 1. The molecule has 2 aromatic carbocycles. The third-order valence-corrected chi connectivity index (χ3v) is 5.22. The van der Waals surface area contributed by atoms with Crippen molar-refractivity contribution in [3.05, 3.63) is 59.1 Å². The number of ether oxygens (including phenoxy) is 1. The molecule has 0 radical (unpaired) electrons. The van der Waals surface area contributed by atoms with Gasteiger partial charge in [-0.15, -0.1) is 0 Å². The molecule has 0 aliphatic carbocycles. The summed E-state index contributed by atoms with van der Waals surface area (Å²) in [6.07, 6.45) is 2.79. The fourth-order valence-corrected chi connectivity index (χ4v) is 3.71. The lowest BCUT2D eigenvalue weighted by atomic mass is 10.1. The van der Waals surface area contributed by atoms with Crippen molar-refractivity contribution in [2.75, 3.05) is 20.2 Å². The summed E-state index contributed by atoms with van der Waals surface area (Å²) in [5, 5.41) is 9.81. The Labute approximate surface area is 156 Å². The number of aliphatic hydroxyl groups is 1. The van der Waals surface area contributed by atoms with Crippen LogP contribution in [0.2, 0.25) is 5.02 Å². The minimum atomic E-state index is -0.396. The molecule has 0 saturated carbocycles. The average Bonchev–Trinajstić information content (AvgIpc) is 2.58. The zero-order chi connectivity index (χ0) is 17.8. The number of halogens is 1. The Morgan fingerprint density at radius 2 is 2.08 bits per heavy atom. The molecule has 3 rings (SSSR count). The Balaban J connectivity index is 1.69. The highest BCUT2D eigenvalue weighted by molar-refractivity contribution is 7.99. The molecule has 130 valence electrons. The van der Waals surface area contributed by atoms with Gasteiger partial charge in [-0.1, -0.05) is 41.6 Å². The van der Waals surface area contributed by atoms with Crippen molar-refractivity contribution >= 4 is 35.3 Å². The first kappa shape index (κ1) is 17.9. The van der Waals surface area contributed by atoms with Crippen LogP contribution in [-0.4, -0.2) is 42.2 Å². The summed E-state index contributed by atoms with van der Waals surface area (Å²) in [5.41, 5.74) is 0.778. The van der Waals surface area contributed by atoms with Gasteiger partial charge in [0.05, 0.1) is 18.1 Å². The lowest BCUT2D eigenvalue weighted by molar-refractivity contribution is -0.135. The highest BCUT2D eigenvalue weighted by Crippen LogP contribution is 2.36. The molecule has 1 aliphatic rings. The molecule has 1 amide bonds. The number of rotatable bonds is 5. The number of carbonyl (C=O) groups is 1. The van der Waals surface area contributed by atoms with Gasteiger partial charge < -0.3 is 14.7 Å². The van der Waals surface area contributed by atoms with E-state index < -0.39 is 6.10 Å². The van der Waals surface area contributed by atoms with Crippen LogP contribution in [0.25, 0.3) is 6.08 Å². The summed E-state index contributed by atoms with van der Waals surface area (Å²) in [6.45, 7) is 0.788. The van der Waals surface area contributed by atoms with E-state index in [0.29, 0.717) is 18.1 Å². The normalized spacial score (nSPS) is 14.6. The van der Waals surface area contributed by atoms with Gasteiger partial charge in [0.25, 0.3) is 0 Å². The molecule has 25 heavy (non-hydrogen) atoms. The summed E-state index contributed by atoms with van der Waals surface area (Å²) in [5.74, 6) is 0.698. The van der Waals surface area contributed by atoms with Crippen LogP contribution in [0, 0.1) is 0 Å². The van der Waals surface area contributed by atoms with E-state index in [4.69, 9.17) is 16.3 Å². The van der Waals surface area contributed by atoms with Gasteiger partial charge in [0.15, 0.2) is 0 Å². The minimum Gasteiger partial charge on any atom is -0.496 e. The molecule has 0 unspecified atom stereocenters. The summed E-state index contributed by atoms with van der Waals surface area (Å²) in [6, 6.07) is 13.5. The largest absolute Gasteiger partial charge is 0.496 e. The standard InChI is InChI=1S/C19H18ClNO3S/c1-24-17-4-2-3-5-18(17)25-15-8-6-13(16(20)10-15)7-9-19(23)21-11-14(22)12-21/h2-10,14,22H,11-12H2,1H3/b9-7+. The van der Waals surface area contributed by atoms with Crippen LogP contribution in [-0.2, 0) is 4.79 Å². The van der Waals surface area contributed by atoms with Crippen molar-refractivity contribution in [1.29, 1.82) is 0 Å². The summed E-state index contributed by atoms with van der Waals surface area (Å²) in [7, 11) is 1.65. The van der Waals surface area contributed by atoms with E-state index in [1.165, 1.54) is 6.08 Å². The number of methoxy groups -OCH3 is 1. The SMILES string of the molecule is COc1ccccc1Sc1ccc(/C=C/C(=O)N2CC(O)C2)c(Cl)c1. The van der Waals surface area contributed by atoms with Crippen molar-refractivity contribution in [1.82, 2.24) is 4.90 Å². The number of aliphatic hydroxyl groups excluding tert-OH is 1. The van der Waals surface area contributed by atoms with Gasteiger partial charge in [0, 0.05) is 29.1 Å². The fraction of sp³-hybridized carbons (Fsp3) is 0.211. The Hall–Kier alpha value is -1.95. The molecule has 2 aromatic rings. The number of nitrogens with zero attached hydrogens (tertiary/aromatic N) is 1. The zero-order valence-electron chi connectivity index (χ0n) is 13.7. The molecule has 1 N–H and O–H groups in total. The molecular weight excluding hydrogens is 358 g/mol. The minimum absolute atomic E-state index is 0.117. The van der Waals surface area contributed by atoms with Crippen molar-refractivity contribution in [2.24, 2.45) is 0 Å². The van der Waals surface area contributed by atoms with Crippen LogP contribution in [0.4, 0.5) is 0 Å². The number of para-hydroxylation sites is 1. The number of benzene rings is 2. The number of hydrogen-bond acceptors (Lipinski definition) is 4. The zero-order valence-corrected chi connectivity index (χ0v) is 15.3. The van der Waals surface area contributed by atoms with E-state index in [1.54, 1.807) is 29.8 Å². The molecule has 0 aromatic heterocycles. The number of carbonyl (C=O) groups excluding carboxylic acids is 1. The summed E-state index contributed by atoms with van der Waals surface area (Å²) < 4.78 is 5.36. The Morgan fingerprint density at radius 1 is 1.32 bits per heavy atom. The molecule has 0 atom stereocenters. The second kappa shape index (κ2) is 7.95. The summed E-state index contributed by atoms with van der Waals surface area (Å²) in [4.78, 5) is 15.5. The van der Waals surface area contributed by atoms with Gasteiger partial charge in [-0.05, 0) is 35.9 Å². The first-order chi connectivity index (χ1) is 12.1. The van der Waals surface area contributed by atoms with Gasteiger partial charge in [-0.2, -0.15) is 0 Å². The van der Waals surface area contributed by atoms with E-state index in [9.17, 15) is 9.90 Å². The van der Waals surface area contributed by atoms with Gasteiger partial charge in [0.2, 0.25) is 5.91 Å². The third-order valence-electron chi connectivity index (χ3n) is 3.85. The van der Waals surface area contributed by atoms with E-state index in [2.05, 4.69) is 0 Å². The van der Waals surface area contributed by atoms with Gasteiger partial charge >= 0.3 is 0 Å². The third kappa shape index (κ3) is 4.37. The predicted octanol–water partition coefficient (Wildman–Crippen LogP) is 3.72.